The molecule has 1 saturated heterocycles. The quantitative estimate of drug-likeness (QED) is 0.875. The second-order valence-electron chi connectivity index (χ2n) is 6.56. The molecule has 3 rings (SSSR count). The van der Waals surface area contributed by atoms with Gasteiger partial charge in [0.05, 0.1) is 0 Å². The van der Waals surface area contributed by atoms with Crippen molar-refractivity contribution >= 4 is 11.7 Å². The SMILES string of the molecule is CN(C)CCNc1cc(C(=O)N2CCCC2)nc(-c2ccccc2)n1. The number of benzene rings is 1. The Kier molecular flexibility index (Phi) is 5.60. The summed E-state index contributed by atoms with van der Waals surface area (Å²) in [7, 11) is 4.05. The van der Waals surface area contributed by atoms with E-state index in [1.54, 1.807) is 6.07 Å². The zero-order valence-electron chi connectivity index (χ0n) is 14.9. The van der Waals surface area contributed by atoms with Gasteiger partial charge in [0.15, 0.2) is 5.82 Å². The molecule has 25 heavy (non-hydrogen) atoms. The smallest absolute Gasteiger partial charge is 0.272 e. The largest absolute Gasteiger partial charge is 0.369 e. The zero-order chi connectivity index (χ0) is 17.6. The molecule has 1 aromatic heterocycles. The molecule has 2 heterocycles. The number of nitrogens with zero attached hydrogens (tertiary/aromatic N) is 4. The summed E-state index contributed by atoms with van der Waals surface area (Å²) < 4.78 is 0. The van der Waals surface area contributed by atoms with Gasteiger partial charge in [0, 0.05) is 37.8 Å². The first-order valence-corrected chi connectivity index (χ1v) is 8.76. The van der Waals surface area contributed by atoms with Gasteiger partial charge in [-0.2, -0.15) is 0 Å². The van der Waals surface area contributed by atoms with Gasteiger partial charge in [-0.25, -0.2) is 9.97 Å². The number of rotatable bonds is 6. The van der Waals surface area contributed by atoms with Crippen molar-refractivity contribution in [2.45, 2.75) is 12.8 Å². The third-order valence-corrected chi connectivity index (χ3v) is 4.24. The van der Waals surface area contributed by atoms with Crippen LogP contribution >= 0.6 is 0 Å². The van der Waals surface area contributed by atoms with Gasteiger partial charge in [-0.3, -0.25) is 4.79 Å². The van der Waals surface area contributed by atoms with E-state index in [0.29, 0.717) is 17.3 Å². The number of amides is 1. The predicted octanol–water partition coefficient (Wildman–Crippen LogP) is 2.35. The number of likely N-dealkylation sites (N-methyl/N-ethyl adjacent to an activating group) is 1. The molecule has 0 aliphatic carbocycles. The molecule has 0 spiro atoms. The van der Waals surface area contributed by atoms with Crippen LogP contribution in [0.15, 0.2) is 36.4 Å². The van der Waals surface area contributed by atoms with E-state index in [2.05, 4.69) is 20.2 Å². The summed E-state index contributed by atoms with van der Waals surface area (Å²) in [5, 5.41) is 3.31. The van der Waals surface area contributed by atoms with Gasteiger partial charge in [-0.15, -0.1) is 0 Å². The van der Waals surface area contributed by atoms with Crippen molar-refractivity contribution in [2.24, 2.45) is 0 Å². The lowest BCUT2D eigenvalue weighted by molar-refractivity contribution is 0.0787. The number of aromatic nitrogens is 2. The Morgan fingerprint density at radius 3 is 2.56 bits per heavy atom. The predicted molar refractivity (Wildman–Crippen MR) is 99.6 cm³/mol. The Morgan fingerprint density at radius 1 is 1.16 bits per heavy atom. The van der Waals surface area contributed by atoms with Crippen molar-refractivity contribution in [3.63, 3.8) is 0 Å². The van der Waals surface area contributed by atoms with Crippen LogP contribution in [-0.4, -0.2) is 65.9 Å². The molecule has 0 radical (unpaired) electrons. The van der Waals surface area contributed by atoms with E-state index >= 15 is 0 Å². The van der Waals surface area contributed by atoms with Crippen molar-refractivity contribution in [1.82, 2.24) is 19.8 Å². The monoisotopic (exact) mass is 339 g/mol. The summed E-state index contributed by atoms with van der Waals surface area (Å²) in [4.78, 5) is 25.9. The third-order valence-electron chi connectivity index (χ3n) is 4.24. The van der Waals surface area contributed by atoms with Crippen LogP contribution in [0.2, 0.25) is 0 Å². The van der Waals surface area contributed by atoms with E-state index in [1.165, 1.54) is 0 Å². The number of likely N-dealkylation sites (tertiary alicyclic amines) is 1. The summed E-state index contributed by atoms with van der Waals surface area (Å²) in [5.74, 6) is 1.27. The molecule has 6 heteroatoms. The number of nitrogens with one attached hydrogen (secondary N) is 1. The number of hydrogen-bond acceptors (Lipinski definition) is 5. The molecule has 1 aliphatic heterocycles. The molecular formula is C19H25N5O. The highest BCUT2D eigenvalue weighted by molar-refractivity contribution is 5.93. The highest BCUT2D eigenvalue weighted by Gasteiger charge is 2.22. The van der Waals surface area contributed by atoms with E-state index in [4.69, 9.17) is 0 Å². The fourth-order valence-corrected chi connectivity index (χ4v) is 2.85. The van der Waals surface area contributed by atoms with E-state index < -0.39 is 0 Å². The van der Waals surface area contributed by atoms with Crippen molar-refractivity contribution < 1.29 is 4.79 Å². The molecule has 1 amide bonds. The molecule has 0 saturated carbocycles. The maximum Gasteiger partial charge on any atom is 0.272 e. The molecule has 1 aromatic carbocycles. The molecule has 1 N–H and O–H groups in total. The van der Waals surface area contributed by atoms with Crippen LogP contribution in [0.25, 0.3) is 11.4 Å². The lowest BCUT2D eigenvalue weighted by atomic mass is 10.2. The van der Waals surface area contributed by atoms with Crippen LogP contribution in [0.1, 0.15) is 23.3 Å². The molecule has 0 unspecified atom stereocenters. The zero-order valence-corrected chi connectivity index (χ0v) is 14.9. The van der Waals surface area contributed by atoms with Gasteiger partial charge >= 0.3 is 0 Å². The van der Waals surface area contributed by atoms with Gasteiger partial charge in [0.2, 0.25) is 0 Å². The van der Waals surface area contributed by atoms with Crippen LogP contribution < -0.4 is 5.32 Å². The minimum atomic E-state index is -0.00672. The normalized spacial score (nSPS) is 14.1. The van der Waals surface area contributed by atoms with E-state index in [1.807, 2.05) is 49.3 Å². The Labute approximate surface area is 148 Å². The van der Waals surface area contributed by atoms with Gasteiger partial charge in [-0.1, -0.05) is 30.3 Å². The molecular weight excluding hydrogens is 314 g/mol. The van der Waals surface area contributed by atoms with E-state index in [-0.39, 0.29) is 5.91 Å². The molecule has 132 valence electrons. The number of carbonyl (C=O) groups is 1. The first-order valence-electron chi connectivity index (χ1n) is 8.76. The van der Waals surface area contributed by atoms with Crippen molar-refractivity contribution in [3.05, 3.63) is 42.1 Å². The summed E-state index contributed by atoms with van der Waals surface area (Å²) in [6.07, 6.45) is 2.13. The molecule has 1 fully saturated rings. The Hall–Kier alpha value is -2.47. The molecule has 0 atom stereocenters. The summed E-state index contributed by atoms with van der Waals surface area (Å²) >= 11 is 0. The summed E-state index contributed by atoms with van der Waals surface area (Å²) in [6.45, 7) is 3.27. The summed E-state index contributed by atoms with van der Waals surface area (Å²) in [5.41, 5.74) is 1.37. The number of anilines is 1. The Morgan fingerprint density at radius 2 is 1.88 bits per heavy atom. The highest BCUT2D eigenvalue weighted by atomic mass is 16.2. The van der Waals surface area contributed by atoms with E-state index in [9.17, 15) is 4.79 Å². The number of carbonyl (C=O) groups excluding carboxylic acids is 1. The van der Waals surface area contributed by atoms with Crippen molar-refractivity contribution in [2.75, 3.05) is 45.6 Å². The molecule has 0 bridgehead atoms. The minimum absolute atomic E-state index is 0.00672. The fraction of sp³-hybridized carbons (Fsp3) is 0.421. The van der Waals surface area contributed by atoms with Crippen LogP contribution in [0.5, 0.6) is 0 Å². The second-order valence-corrected chi connectivity index (χ2v) is 6.56. The standard InChI is InChI=1S/C19H25N5O/c1-23(2)13-10-20-17-14-16(19(25)24-11-6-7-12-24)21-18(22-17)15-8-4-3-5-9-15/h3-5,8-9,14H,6-7,10-13H2,1-2H3,(H,20,21,22). The van der Waals surface area contributed by atoms with Crippen molar-refractivity contribution in [3.8, 4) is 11.4 Å². The number of hydrogen-bond donors (Lipinski definition) is 1. The average Bonchev–Trinajstić information content (AvgIpc) is 3.16. The Bertz CT molecular complexity index is 711. The van der Waals surface area contributed by atoms with Crippen molar-refractivity contribution in [1.29, 1.82) is 0 Å². The van der Waals surface area contributed by atoms with Crippen LogP contribution in [0.3, 0.4) is 0 Å². The minimum Gasteiger partial charge on any atom is -0.369 e. The lowest BCUT2D eigenvalue weighted by Crippen LogP contribution is -2.29. The van der Waals surface area contributed by atoms with Crippen LogP contribution in [0, 0.1) is 0 Å². The van der Waals surface area contributed by atoms with Crippen LogP contribution in [-0.2, 0) is 0 Å². The van der Waals surface area contributed by atoms with Gasteiger partial charge in [-0.05, 0) is 26.9 Å². The second kappa shape index (κ2) is 8.07. The maximum absolute atomic E-state index is 12.8. The topological polar surface area (TPSA) is 61.4 Å². The third kappa shape index (κ3) is 4.54. The van der Waals surface area contributed by atoms with Gasteiger partial charge in [0.25, 0.3) is 5.91 Å². The Balaban J connectivity index is 1.88. The van der Waals surface area contributed by atoms with Gasteiger partial charge < -0.3 is 15.1 Å². The van der Waals surface area contributed by atoms with Crippen LogP contribution in [0.4, 0.5) is 5.82 Å². The van der Waals surface area contributed by atoms with E-state index in [0.717, 1.165) is 44.6 Å². The summed E-state index contributed by atoms with van der Waals surface area (Å²) in [6, 6.07) is 11.5. The highest BCUT2D eigenvalue weighted by Crippen LogP contribution is 2.20. The first-order chi connectivity index (χ1) is 12.1. The average molecular weight is 339 g/mol. The first kappa shape index (κ1) is 17.4. The van der Waals surface area contributed by atoms with Gasteiger partial charge in [0.1, 0.15) is 11.5 Å². The fourth-order valence-electron chi connectivity index (χ4n) is 2.85. The molecule has 6 nitrogen and oxygen atoms in total. The maximum atomic E-state index is 12.8. The molecule has 1 aliphatic rings. The molecule has 2 aromatic rings. The lowest BCUT2D eigenvalue weighted by Gasteiger charge is -2.16.